The fraction of sp³-hybridized carbons (Fsp3) is 0.364. The molecule has 3 aromatic rings. The molecule has 0 bridgehead atoms. The summed E-state index contributed by atoms with van der Waals surface area (Å²) in [6.45, 7) is 6.05. The van der Waals surface area contributed by atoms with Crippen LogP contribution in [-0.2, 0) is 11.2 Å². The monoisotopic (exact) mass is 433 g/mol. The number of ether oxygens (including phenoxy) is 1. The Morgan fingerprint density at radius 3 is 2.48 bits per heavy atom. The highest BCUT2D eigenvalue weighted by atomic mass is 35.5. The normalized spacial score (nSPS) is 10.8. The molecule has 1 heterocycles. The Morgan fingerprint density at radius 2 is 1.83 bits per heavy atom. The summed E-state index contributed by atoms with van der Waals surface area (Å²) in [6, 6.07) is 13.9. The zero-order valence-electron chi connectivity index (χ0n) is 17.3. The number of carbonyl (C=O) groups excluding carboxylic acids is 1. The van der Waals surface area contributed by atoms with Crippen molar-refractivity contribution in [3.63, 3.8) is 0 Å². The van der Waals surface area contributed by atoms with Crippen LogP contribution in [0, 0.1) is 6.92 Å². The van der Waals surface area contributed by atoms with Gasteiger partial charge in [-0.05, 0) is 63.3 Å². The molecule has 1 amide bonds. The van der Waals surface area contributed by atoms with E-state index >= 15 is 0 Å². The van der Waals surface area contributed by atoms with Gasteiger partial charge in [0.15, 0.2) is 5.13 Å². The molecule has 0 aliphatic carbocycles. The highest BCUT2D eigenvalue weighted by Gasteiger charge is 2.20. The maximum absolute atomic E-state index is 13.1. The van der Waals surface area contributed by atoms with Crippen molar-refractivity contribution in [3.8, 4) is 5.75 Å². The number of aryl methyl sites for hydroxylation is 1. The van der Waals surface area contributed by atoms with Crippen molar-refractivity contribution in [2.24, 2.45) is 0 Å². The van der Waals surface area contributed by atoms with Crippen molar-refractivity contribution < 1.29 is 9.53 Å². The SMILES string of the molecule is CCOc1ccc(CC(=O)N(CCN(C)C)c2nc3ccc(C)cc3s2)cc1.Cl. The Balaban J connectivity index is 0.00000300. The van der Waals surface area contributed by atoms with Gasteiger partial charge >= 0.3 is 0 Å². The third-order valence-corrected chi connectivity index (χ3v) is 5.47. The Labute approximate surface area is 182 Å². The summed E-state index contributed by atoms with van der Waals surface area (Å²) in [7, 11) is 4.02. The van der Waals surface area contributed by atoms with Crippen LogP contribution in [0.25, 0.3) is 10.2 Å². The van der Waals surface area contributed by atoms with E-state index in [0.717, 1.165) is 33.2 Å². The summed E-state index contributed by atoms with van der Waals surface area (Å²) in [5.41, 5.74) is 3.11. The van der Waals surface area contributed by atoms with Crippen molar-refractivity contribution in [1.82, 2.24) is 9.88 Å². The number of nitrogens with zero attached hydrogens (tertiary/aromatic N) is 3. The summed E-state index contributed by atoms with van der Waals surface area (Å²) in [4.78, 5) is 21.7. The first kappa shape index (κ1) is 23.1. The van der Waals surface area contributed by atoms with Crippen molar-refractivity contribution >= 4 is 45.0 Å². The average molecular weight is 434 g/mol. The van der Waals surface area contributed by atoms with Gasteiger partial charge in [0.05, 0.1) is 23.2 Å². The zero-order chi connectivity index (χ0) is 20.1. The minimum Gasteiger partial charge on any atom is -0.494 e. The maximum Gasteiger partial charge on any atom is 0.233 e. The van der Waals surface area contributed by atoms with Crippen LogP contribution in [0.15, 0.2) is 42.5 Å². The van der Waals surface area contributed by atoms with Crippen LogP contribution < -0.4 is 9.64 Å². The number of anilines is 1. The molecule has 5 nitrogen and oxygen atoms in total. The Bertz CT molecular complexity index is 941. The Hall–Kier alpha value is -2.15. The number of rotatable bonds is 8. The number of thiazole rings is 1. The van der Waals surface area contributed by atoms with E-state index in [9.17, 15) is 4.79 Å². The highest BCUT2D eigenvalue weighted by Crippen LogP contribution is 2.30. The topological polar surface area (TPSA) is 45.7 Å². The number of benzene rings is 2. The first-order valence-electron chi connectivity index (χ1n) is 9.50. The van der Waals surface area contributed by atoms with Gasteiger partial charge in [0.2, 0.25) is 5.91 Å². The average Bonchev–Trinajstić information content (AvgIpc) is 3.06. The highest BCUT2D eigenvalue weighted by molar-refractivity contribution is 7.22. The molecule has 0 unspecified atom stereocenters. The van der Waals surface area contributed by atoms with E-state index in [2.05, 4.69) is 24.0 Å². The van der Waals surface area contributed by atoms with Gasteiger partial charge in [-0.25, -0.2) is 4.98 Å². The lowest BCUT2D eigenvalue weighted by molar-refractivity contribution is -0.118. The largest absolute Gasteiger partial charge is 0.494 e. The third kappa shape index (κ3) is 6.16. The summed E-state index contributed by atoms with van der Waals surface area (Å²) < 4.78 is 6.59. The van der Waals surface area contributed by atoms with E-state index in [-0.39, 0.29) is 18.3 Å². The molecule has 0 saturated carbocycles. The second-order valence-corrected chi connectivity index (χ2v) is 8.08. The van der Waals surface area contributed by atoms with Crippen LogP contribution in [0.1, 0.15) is 18.1 Å². The second kappa shape index (κ2) is 10.6. The first-order valence-corrected chi connectivity index (χ1v) is 10.3. The van der Waals surface area contributed by atoms with E-state index in [0.29, 0.717) is 19.6 Å². The molecule has 29 heavy (non-hydrogen) atoms. The molecule has 0 spiro atoms. The molecular weight excluding hydrogens is 406 g/mol. The molecule has 0 N–H and O–H groups in total. The zero-order valence-corrected chi connectivity index (χ0v) is 19.0. The number of hydrogen-bond acceptors (Lipinski definition) is 5. The Kier molecular flexibility index (Phi) is 8.44. The fourth-order valence-electron chi connectivity index (χ4n) is 2.90. The van der Waals surface area contributed by atoms with Crippen LogP contribution in [-0.4, -0.2) is 49.6 Å². The quantitative estimate of drug-likeness (QED) is 0.522. The number of fused-ring (bicyclic) bond motifs is 1. The van der Waals surface area contributed by atoms with E-state index in [4.69, 9.17) is 9.72 Å². The predicted molar refractivity (Wildman–Crippen MR) is 124 cm³/mol. The number of likely N-dealkylation sites (N-methyl/N-ethyl adjacent to an activating group) is 1. The van der Waals surface area contributed by atoms with Gasteiger partial charge in [0.25, 0.3) is 0 Å². The van der Waals surface area contributed by atoms with Crippen molar-refractivity contribution in [2.75, 3.05) is 38.7 Å². The number of amides is 1. The van der Waals surface area contributed by atoms with Crippen LogP contribution in [0.5, 0.6) is 5.75 Å². The van der Waals surface area contributed by atoms with Gasteiger partial charge in [0, 0.05) is 13.1 Å². The van der Waals surface area contributed by atoms with Crippen molar-refractivity contribution in [2.45, 2.75) is 20.3 Å². The standard InChI is InChI=1S/C22H27N3O2S.ClH/c1-5-27-18-9-7-17(8-10-18)15-21(26)25(13-12-24(3)4)22-23-19-11-6-16(2)14-20(19)28-22;/h6-11,14H,5,12-13,15H2,1-4H3;1H. The molecule has 7 heteroatoms. The van der Waals surface area contributed by atoms with Crippen LogP contribution in [0.3, 0.4) is 0 Å². The van der Waals surface area contributed by atoms with Gasteiger partial charge in [-0.3, -0.25) is 9.69 Å². The van der Waals surface area contributed by atoms with Crippen molar-refractivity contribution in [3.05, 3.63) is 53.6 Å². The summed E-state index contributed by atoms with van der Waals surface area (Å²) in [5, 5.41) is 0.762. The molecule has 156 valence electrons. The van der Waals surface area contributed by atoms with Crippen LogP contribution >= 0.6 is 23.7 Å². The van der Waals surface area contributed by atoms with E-state index in [1.54, 1.807) is 11.3 Å². The number of carbonyl (C=O) groups is 1. The van der Waals surface area contributed by atoms with Gasteiger partial charge in [-0.15, -0.1) is 12.4 Å². The predicted octanol–water partition coefficient (Wildman–Crippen LogP) is 4.56. The minimum atomic E-state index is 0. The summed E-state index contributed by atoms with van der Waals surface area (Å²) >= 11 is 1.57. The molecule has 0 aliphatic heterocycles. The molecule has 2 aromatic carbocycles. The third-order valence-electron chi connectivity index (χ3n) is 4.43. The molecule has 0 aliphatic rings. The smallest absolute Gasteiger partial charge is 0.233 e. The van der Waals surface area contributed by atoms with Gasteiger partial charge in [-0.1, -0.05) is 29.5 Å². The van der Waals surface area contributed by atoms with Crippen LogP contribution in [0.4, 0.5) is 5.13 Å². The molecule has 0 radical (unpaired) electrons. The number of aromatic nitrogens is 1. The summed E-state index contributed by atoms with van der Waals surface area (Å²) in [5.74, 6) is 0.881. The number of hydrogen-bond donors (Lipinski definition) is 0. The fourth-order valence-corrected chi connectivity index (χ4v) is 4.01. The Morgan fingerprint density at radius 1 is 1.10 bits per heavy atom. The molecule has 0 fully saturated rings. The molecule has 0 saturated heterocycles. The summed E-state index contributed by atoms with van der Waals surface area (Å²) in [6.07, 6.45) is 0.342. The van der Waals surface area contributed by atoms with Gasteiger partial charge in [-0.2, -0.15) is 0 Å². The molecule has 0 atom stereocenters. The van der Waals surface area contributed by atoms with E-state index < -0.39 is 0 Å². The molecule has 3 rings (SSSR count). The first-order chi connectivity index (χ1) is 13.5. The number of halogens is 1. The lowest BCUT2D eigenvalue weighted by Gasteiger charge is -2.22. The van der Waals surface area contributed by atoms with Gasteiger partial charge < -0.3 is 9.64 Å². The van der Waals surface area contributed by atoms with E-state index in [1.165, 1.54) is 5.56 Å². The lowest BCUT2D eigenvalue weighted by Crippen LogP contribution is -2.37. The van der Waals surface area contributed by atoms with Crippen molar-refractivity contribution in [1.29, 1.82) is 0 Å². The second-order valence-electron chi connectivity index (χ2n) is 7.07. The van der Waals surface area contributed by atoms with Crippen LogP contribution in [0.2, 0.25) is 0 Å². The van der Waals surface area contributed by atoms with E-state index in [1.807, 2.05) is 56.3 Å². The molecular formula is C22H28ClN3O2S. The molecule has 1 aromatic heterocycles. The minimum absolute atomic E-state index is 0. The maximum atomic E-state index is 13.1. The van der Waals surface area contributed by atoms with Gasteiger partial charge in [0.1, 0.15) is 5.75 Å². The lowest BCUT2D eigenvalue weighted by atomic mass is 10.1.